The quantitative estimate of drug-likeness (QED) is 0.880. The molecule has 0 fully saturated rings. The fraction of sp³-hybridized carbons (Fsp3) is 0.333. The smallest absolute Gasteiger partial charge is 0.122 e. The number of phenols is 1. The van der Waals surface area contributed by atoms with Crippen LogP contribution in [0, 0.1) is 0 Å². The minimum atomic E-state index is -0.259. The van der Waals surface area contributed by atoms with Gasteiger partial charge in [-0.3, -0.25) is 0 Å². The molecule has 1 atom stereocenters. The largest absolute Gasteiger partial charge is 0.508 e. The molecule has 2 aromatic rings. The second-order valence-corrected chi connectivity index (χ2v) is 5.39. The SMILES string of the molecule is CCN(CC)c1ccc([C@H](N)c2cccs2)c(O)c1. The van der Waals surface area contributed by atoms with Crippen LogP contribution in [0.4, 0.5) is 5.69 Å². The Kier molecular flexibility index (Phi) is 4.45. The summed E-state index contributed by atoms with van der Waals surface area (Å²) in [7, 11) is 0. The Hall–Kier alpha value is -1.52. The first-order valence-corrected chi connectivity index (χ1v) is 7.42. The van der Waals surface area contributed by atoms with Gasteiger partial charge in [0, 0.05) is 35.3 Å². The molecule has 0 spiro atoms. The van der Waals surface area contributed by atoms with E-state index in [1.807, 2.05) is 29.6 Å². The van der Waals surface area contributed by atoms with E-state index in [0.29, 0.717) is 0 Å². The van der Waals surface area contributed by atoms with E-state index in [1.54, 1.807) is 17.4 Å². The number of benzene rings is 1. The van der Waals surface area contributed by atoms with E-state index in [4.69, 9.17) is 5.73 Å². The number of nitrogens with two attached hydrogens (primary N) is 1. The van der Waals surface area contributed by atoms with Gasteiger partial charge in [-0.25, -0.2) is 0 Å². The fourth-order valence-electron chi connectivity index (χ4n) is 2.20. The van der Waals surface area contributed by atoms with Crippen molar-refractivity contribution in [1.29, 1.82) is 0 Å². The van der Waals surface area contributed by atoms with Gasteiger partial charge in [0.15, 0.2) is 0 Å². The predicted molar refractivity (Wildman–Crippen MR) is 82.0 cm³/mol. The van der Waals surface area contributed by atoms with Crippen LogP contribution in [0.25, 0.3) is 0 Å². The van der Waals surface area contributed by atoms with Crippen molar-refractivity contribution in [2.24, 2.45) is 5.73 Å². The molecule has 1 aromatic heterocycles. The highest BCUT2D eigenvalue weighted by Crippen LogP contribution is 2.32. The molecule has 0 saturated carbocycles. The molecule has 0 radical (unpaired) electrons. The summed E-state index contributed by atoms with van der Waals surface area (Å²) in [4.78, 5) is 3.26. The van der Waals surface area contributed by atoms with Crippen LogP contribution in [0.15, 0.2) is 35.7 Å². The van der Waals surface area contributed by atoms with Crippen LogP contribution >= 0.6 is 11.3 Å². The van der Waals surface area contributed by atoms with Gasteiger partial charge in [-0.2, -0.15) is 0 Å². The molecule has 0 aliphatic carbocycles. The Balaban J connectivity index is 2.29. The molecular formula is C15H20N2OS. The van der Waals surface area contributed by atoms with Crippen LogP contribution in [0.3, 0.4) is 0 Å². The van der Waals surface area contributed by atoms with Crippen molar-refractivity contribution in [3.05, 3.63) is 46.2 Å². The monoisotopic (exact) mass is 276 g/mol. The van der Waals surface area contributed by atoms with Gasteiger partial charge in [0.1, 0.15) is 5.75 Å². The van der Waals surface area contributed by atoms with Crippen molar-refractivity contribution in [3.8, 4) is 5.75 Å². The fourth-order valence-corrected chi connectivity index (χ4v) is 2.95. The molecule has 0 aliphatic rings. The number of thiophene rings is 1. The third-order valence-electron chi connectivity index (χ3n) is 3.33. The molecule has 102 valence electrons. The molecule has 3 nitrogen and oxygen atoms in total. The first-order chi connectivity index (χ1) is 9.17. The number of phenolic OH excluding ortho intramolecular Hbond substituents is 1. The van der Waals surface area contributed by atoms with E-state index in [-0.39, 0.29) is 11.8 Å². The maximum absolute atomic E-state index is 10.2. The summed E-state index contributed by atoms with van der Waals surface area (Å²) < 4.78 is 0. The van der Waals surface area contributed by atoms with Crippen LogP contribution in [0.5, 0.6) is 5.75 Å². The number of aromatic hydroxyl groups is 1. The van der Waals surface area contributed by atoms with Crippen LogP contribution < -0.4 is 10.6 Å². The Bertz CT molecular complexity index is 521. The van der Waals surface area contributed by atoms with Crippen molar-refractivity contribution in [2.75, 3.05) is 18.0 Å². The van der Waals surface area contributed by atoms with Gasteiger partial charge in [0.2, 0.25) is 0 Å². The summed E-state index contributed by atoms with van der Waals surface area (Å²) in [6.07, 6.45) is 0. The number of nitrogens with zero attached hydrogens (tertiary/aromatic N) is 1. The molecule has 3 N–H and O–H groups in total. The lowest BCUT2D eigenvalue weighted by atomic mass is 10.0. The van der Waals surface area contributed by atoms with E-state index in [1.165, 1.54) is 0 Å². The first kappa shape index (κ1) is 13.9. The standard InChI is InChI=1S/C15H20N2OS/c1-3-17(4-2)11-7-8-12(13(18)10-11)15(16)14-6-5-9-19-14/h5-10,15,18H,3-4,16H2,1-2H3/t15-/m0/s1. The molecule has 1 aromatic carbocycles. The van der Waals surface area contributed by atoms with Gasteiger partial charge >= 0.3 is 0 Å². The van der Waals surface area contributed by atoms with Crippen LogP contribution in [0.1, 0.15) is 30.3 Å². The highest BCUT2D eigenvalue weighted by atomic mass is 32.1. The average Bonchev–Trinajstić information content (AvgIpc) is 2.93. The predicted octanol–water partition coefficient (Wildman–Crippen LogP) is 3.35. The van der Waals surface area contributed by atoms with Crippen molar-refractivity contribution in [3.63, 3.8) is 0 Å². The number of anilines is 1. The van der Waals surface area contributed by atoms with Crippen LogP contribution in [-0.4, -0.2) is 18.2 Å². The Labute approximate surface area is 118 Å². The number of rotatable bonds is 5. The lowest BCUT2D eigenvalue weighted by Crippen LogP contribution is -2.21. The molecule has 0 bridgehead atoms. The summed E-state index contributed by atoms with van der Waals surface area (Å²) in [6, 6.07) is 9.46. The lowest BCUT2D eigenvalue weighted by Gasteiger charge is -2.22. The summed E-state index contributed by atoms with van der Waals surface area (Å²) in [6.45, 7) is 6.05. The number of hydrogen-bond donors (Lipinski definition) is 2. The highest BCUT2D eigenvalue weighted by Gasteiger charge is 2.15. The second-order valence-electron chi connectivity index (χ2n) is 4.41. The molecule has 0 unspecified atom stereocenters. The second kappa shape index (κ2) is 6.08. The maximum Gasteiger partial charge on any atom is 0.122 e. The zero-order valence-corrected chi connectivity index (χ0v) is 12.2. The van der Waals surface area contributed by atoms with Crippen molar-refractivity contribution in [1.82, 2.24) is 0 Å². The van der Waals surface area contributed by atoms with Gasteiger partial charge < -0.3 is 15.7 Å². The topological polar surface area (TPSA) is 49.5 Å². The van der Waals surface area contributed by atoms with Crippen molar-refractivity contribution < 1.29 is 5.11 Å². The molecular weight excluding hydrogens is 256 g/mol. The Morgan fingerprint density at radius 3 is 2.53 bits per heavy atom. The van der Waals surface area contributed by atoms with Crippen molar-refractivity contribution >= 4 is 17.0 Å². The molecule has 19 heavy (non-hydrogen) atoms. The van der Waals surface area contributed by atoms with Gasteiger partial charge in [-0.05, 0) is 31.4 Å². The van der Waals surface area contributed by atoms with Gasteiger partial charge in [-0.1, -0.05) is 12.1 Å². The minimum absolute atomic E-state index is 0.259. The summed E-state index contributed by atoms with van der Waals surface area (Å²) in [5, 5.41) is 12.2. The Morgan fingerprint density at radius 1 is 1.26 bits per heavy atom. The molecule has 0 saturated heterocycles. The van der Waals surface area contributed by atoms with Crippen molar-refractivity contribution in [2.45, 2.75) is 19.9 Å². The van der Waals surface area contributed by atoms with Gasteiger partial charge in [-0.15, -0.1) is 11.3 Å². The maximum atomic E-state index is 10.2. The van der Waals surface area contributed by atoms with Gasteiger partial charge in [0.25, 0.3) is 0 Å². The minimum Gasteiger partial charge on any atom is -0.508 e. The molecule has 2 rings (SSSR count). The molecule has 0 amide bonds. The molecule has 0 aliphatic heterocycles. The average molecular weight is 276 g/mol. The lowest BCUT2D eigenvalue weighted by molar-refractivity contribution is 0.465. The zero-order valence-electron chi connectivity index (χ0n) is 11.3. The van der Waals surface area contributed by atoms with Crippen LogP contribution in [0.2, 0.25) is 0 Å². The number of hydrogen-bond acceptors (Lipinski definition) is 4. The summed E-state index contributed by atoms with van der Waals surface area (Å²) in [5.41, 5.74) is 8.00. The van der Waals surface area contributed by atoms with E-state index < -0.39 is 0 Å². The highest BCUT2D eigenvalue weighted by molar-refractivity contribution is 7.10. The van der Waals surface area contributed by atoms with E-state index in [2.05, 4.69) is 18.7 Å². The summed E-state index contributed by atoms with van der Waals surface area (Å²) in [5.74, 6) is 0.269. The zero-order chi connectivity index (χ0) is 13.8. The third kappa shape index (κ3) is 2.91. The van der Waals surface area contributed by atoms with E-state index in [0.717, 1.165) is 29.2 Å². The third-order valence-corrected chi connectivity index (χ3v) is 4.28. The normalized spacial score (nSPS) is 12.4. The van der Waals surface area contributed by atoms with Gasteiger partial charge in [0.05, 0.1) is 6.04 Å². The first-order valence-electron chi connectivity index (χ1n) is 6.54. The van der Waals surface area contributed by atoms with Crippen LogP contribution in [-0.2, 0) is 0 Å². The molecule has 4 heteroatoms. The molecule has 1 heterocycles. The van der Waals surface area contributed by atoms with E-state index in [9.17, 15) is 5.11 Å². The van der Waals surface area contributed by atoms with E-state index >= 15 is 0 Å². The Morgan fingerprint density at radius 2 is 2.00 bits per heavy atom. The summed E-state index contributed by atoms with van der Waals surface area (Å²) >= 11 is 1.61.